The predicted molar refractivity (Wildman–Crippen MR) is 207 cm³/mol. The molecule has 0 N–H and O–H groups in total. The first-order valence-electron chi connectivity index (χ1n) is 16.8. The van der Waals surface area contributed by atoms with Crippen LogP contribution in [0.25, 0.3) is 71.6 Å². The molecule has 1 aromatic heterocycles. The van der Waals surface area contributed by atoms with Crippen LogP contribution in [0.1, 0.15) is 18.2 Å². The average Bonchev–Trinajstić information content (AvgIpc) is 3.16. The van der Waals surface area contributed by atoms with Crippen molar-refractivity contribution in [3.63, 3.8) is 0 Å². The summed E-state index contributed by atoms with van der Waals surface area (Å²) < 4.78 is 6.35. The molecule has 1 aliphatic heterocycles. The van der Waals surface area contributed by atoms with E-state index in [2.05, 4.69) is 114 Å². The highest BCUT2D eigenvalue weighted by atomic mass is 16.5. The van der Waals surface area contributed by atoms with E-state index in [0.29, 0.717) is 23.6 Å². The number of aliphatic imine (C=N–C) groups is 1. The number of rotatable bonds is 5. The Kier molecular flexibility index (Phi) is 7.17. The zero-order valence-corrected chi connectivity index (χ0v) is 27.4. The highest BCUT2D eigenvalue weighted by Crippen LogP contribution is 2.45. The van der Waals surface area contributed by atoms with Gasteiger partial charge < -0.3 is 4.74 Å². The number of amides is 2. The Bertz CT molecular complexity index is 2640. The summed E-state index contributed by atoms with van der Waals surface area (Å²) in [5.41, 5.74) is 7.51. The number of pyridine rings is 1. The van der Waals surface area contributed by atoms with Crippen LogP contribution in [0.3, 0.4) is 0 Å². The van der Waals surface area contributed by atoms with E-state index in [1.165, 1.54) is 48.3 Å². The maximum absolute atomic E-state index is 13.2. The van der Waals surface area contributed by atoms with Gasteiger partial charge in [-0.25, -0.2) is 14.8 Å². The second-order valence-corrected chi connectivity index (χ2v) is 12.4. The molecule has 0 aliphatic carbocycles. The summed E-state index contributed by atoms with van der Waals surface area (Å²) in [6.45, 7) is 2.41. The average molecular weight is 646 g/mol. The van der Waals surface area contributed by atoms with Crippen molar-refractivity contribution in [1.82, 2.24) is 4.98 Å². The molecule has 0 bridgehead atoms. The molecule has 9 rings (SSSR count). The first-order valence-corrected chi connectivity index (χ1v) is 16.8. The van der Waals surface area contributed by atoms with Gasteiger partial charge in [-0.15, -0.1) is 0 Å². The van der Waals surface area contributed by atoms with Crippen LogP contribution in [0.2, 0.25) is 0 Å². The van der Waals surface area contributed by atoms with Gasteiger partial charge in [-0.3, -0.25) is 4.90 Å². The molecule has 0 saturated carbocycles. The molecule has 8 aromatic rings. The molecule has 2 amide bonds. The zero-order valence-electron chi connectivity index (χ0n) is 27.4. The highest BCUT2D eigenvalue weighted by Gasteiger charge is 2.21. The molecule has 5 heteroatoms. The van der Waals surface area contributed by atoms with Gasteiger partial charge in [0.25, 0.3) is 0 Å². The third-order valence-corrected chi connectivity index (χ3v) is 9.48. The lowest BCUT2D eigenvalue weighted by Gasteiger charge is -2.20. The molecule has 0 unspecified atom stereocenters. The first kappa shape index (κ1) is 29.5. The minimum Gasteiger partial charge on any atom is -0.492 e. The van der Waals surface area contributed by atoms with Crippen LogP contribution in [0.5, 0.6) is 5.75 Å². The Morgan fingerprint density at radius 1 is 0.620 bits per heavy atom. The molecule has 0 radical (unpaired) electrons. The first-order chi connectivity index (χ1) is 24.7. The van der Waals surface area contributed by atoms with Crippen LogP contribution < -0.4 is 9.64 Å². The van der Waals surface area contributed by atoms with E-state index in [-0.39, 0.29) is 6.03 Å². The number of fused-ring (bicyclic) bond motifs is 5. The topological polar surface area (TPSA) is 54.8 Å². The maximum atomic E-state index is 13.2. The fourth-order valence-corrected chi connectivity index (χ4v) is 7.25. The number of carbonyl (C=O) groups excluding carboxylic acids is 1. The van der Waals surface area contributed by atoms with E-state index in [1.54, 1.807) is 12.4 Å². The number of anilines is 1. The van der Waals surface area contributed by atoms with Crippen molar-refractivity contribution >= 4 is 67.2 Å². The Labute approximate surface area is 289 Å². The van der Waals surface area contributed by atoms with Crippen molar-refractivity contribution < 1.29 is 9.53 Å². The summed E-state index contributed by atoms with van der Waals surface area (Å²) in [7, 11) is 0. The molecular formula is C45H31N3O2. The molecular weight excluding hydrogens is 615 g/mol. The monoisotopic (exact) mass is 645 g/mol. The van der Waals surface area contributed by atoms with Gasteiger partial charge in [-0.1, -0.05) is 109 Å². The number of hydrogen-bond donors (Lipinski definition) is 0. The van der Waals surface area contributed by atoms with E-state index in [4.69, 9.17) is 9.72 Å². The second kappa shape index (κ2) is 12.1. The molecule has 0 spiro atoms. The number of nitrogens with zero attached hydrogens (tertiary/aromatic N) is 3. The maximum Gasteiger partial charge on any atom is 0.352 e. The summed E-state index contributed by atoms with van der Waals surface area (Å²) >= 11 is 0. The third-order valence-electron chi connectivity index (χ3n) is 9.48. The van der Waals surface area contributed by atoms with Crippen molar-refractivity contribution in [2.45, 2.75) is 6.92 Å². The third kappa shape index (κ3) is 4.91. The van der Waals surface area contributed by atoms with E-state index in [0.717, 1.165) is 27.7 Å². The minimum atomic E-state index is -0.390. The number of benzene rings is 7. The van der Waals surface area contributed by atoms with Gasteiger partial charge in [0.05, 0.1) is 29.1 Å². The van der Waals surface area contributed by atoms with E-state index >= 15 is 0 Å². The van der Waals surface area contributed by atoms with Gasteiger partial charge in [0.2, 0.25) is 0 Å². The van der Waals surface area contributed by atoms with Crippen LogP contribution in [-0.2, 0) is 0 Å². The van der Waals surface area contributed by atoms with Crippen molar-refractivity contribution in [2.75, 3.05) is 11.5 Å². The summed E-state index contributed by atoms with van der Waals surface area (Å²) in [5.74, 6) is 0.658. The molecule has 238 valence electrons. The van der Waals surface area contributed by atoms with Crippen molar-refractivity contribution in [2.24, 2.45) is 4.99 Å². The van der Waals surface area contributed by atoms with Gasteiger partial charge in [-0.2, -0.15) is 0 Å². The van der Waals surface area contributed by atoms with Gasteiger partial charge >= 0.3 is 6.03 Å². The SMILES string of the molecule is CCOc1c2c(nc3ccc(-c4c5ccccc5c(-c5ccc6ccccc6c5)c5ccccc45)cc13)/C=C\N(c1ccccc1)C(=O)N=C2. The molecule has 0 saturated heterocycles. The number of urea groups is 1. The van der Waals surface area contributed by atoms with E-state index in [9.17, 15) is 4.79 Å². The smallest absolute Gasteiger partial charge is 0.352 e. The Hall–Kier alpha value is -6.59. The molecule has 5 nitrogen and oxygen atoms in total. The van der Waals surface area contributed by atoms with Crippen LogP contribution in [0, 0.1) is 0 Å². The lowest BCUT2D eigenvalue weighted by Crippen LogP contribution is -2.23. The number of aromatic nitrogens is 1. The number of carbonyl (C=O) groups is 1. The Balaban J connectivity index is 1.26. The lowest BCUT2D eigenvalue weighted by atomic mass is 9.85. The summed E-state index contributed by atoms with van der Waals surface area (Å²) in [6.07, 6.45) is 5.17. The quantitative estimate of drug-likeness (QED) is 0.175. The predicted octanol–water partition coefficient (Wildman–Crippen LogP) is 11.5. The normalized spacial score (nSPS) is 13.5. The fourth-order valence-electron chi connectivity index (χ4n) is 7.25. The molecule has 0 atom stereocenters. The van der Waals surface area contributed by atoms with Crippen LogP contribution in [-0.4, -0.2) is 23.8 Å². The van der Waals surface area contributed by atoms with E-state index < -0.39 is 0 Å². The van der Waals surface area contributed by atoms with Crippen LogP contribution in [0.15, 0.2) is 151 Å². The molecule has 2 heterocycles. The Morgan fingerprint density at radius 2 is 1.22 bits per heavy atom. The van der Waals surface area contributed by atoms with Crippen molar-refractivity contribution in [1.29, 1.82) is 0 Å². The number of hydrogen-bond acceptors (Lipinski definition) is 3. The lowest BCUT2D eigenvalue weighted by molar-refractivity contribution is 0.256. The van der Waals surface area contributed by atoms with Gasteiger partial charge in [0.15, 0.2) is 0 Å². The standard InChI is InChI=1S/C45H31N3O2/c1-2-50-44-38-27-32(22-23-40(38)47-41-24-25-48(33-14-4-3-5-15-33)45(49)46-28-39(41)44)43-36-18-10-8-16-34(36)42(35-17-9-11-19-37(35)43)31-21-20-29-12-6-7-13-30(29)26-31/h3-28H,2H2,1H3/b25-24-,46-28?. The van der Waals surface area contributed by atoms with Crippen molar-refractivity contribution in [3.05, 3.63) is 157 Å². The van der Waals surface area contributed by atoms with Gasteiger partial charge in [0.1, 0.15) is 5.75 Å². The van der Waals surface area contributed by atoms with Gasteiger partial charge in [-0.05, 0) is 97.9 Å². The number of para-hydroxylation sites is 1. The van der Waals surface area contributed by atoms with Gasteiger partial charge in [0, 0.05) is 17.8 Å². The minimum absolute atomic E-state index is 0.390. The number of ether oxygens (including phenoxy) is 1. The largest absolute Gasteiger partial charge is 0.492 e. The molecule has 7 aromatic carbocycles. The summed E-state index contributed by atoms with van der Waals surface area (Å²) in [5, 5.41) is 8.03. The van der Waals surface area contributed by atoms with Crippen LogP contribution >= 0.6 is 0 Å². The van der Waals surface area contributed by atoms with E-state index in [1.807, 2.05) is 43.3 Å². The molecule has 50 heavy (non-hydrogen) atoms. The summed E-state index contributed by atoms with van der Waals surface area (Å²) in [6, 6.07) is 48.1. The van der Waals surface area contributed by atoms with Crippen molar-refractivity contribution in [3.8, 4) is 28.0 Å². The molecule has 1 aliphatic rings. The zero-order chi connectivity index (χ0) is 33.6. The second-order valence-electron chi connectivity index (χ2n) is 12.4. The highest BCUT2D eigenvalue weighted by molar-refractivity contribution is 6.22. The fraction of sp³-hybridized carbons (Fsp3) is 0.0444. The Morgan fingerprint density at radius 3 is 1.90 bits per heavy atom. The summed E-state index contributed by atoms with van der Waals surface area (Å²) in [4.78, 5) is 24.1. The van der Waals surface area contributed by atoms with Crippen LogP contribution in [0.4, 0.5) is 10.5 Å². The molecule has 0 fully saturated rings.